The first-order valence-corrected chi connectivity index (χ1v) is 8.20. The first kappa shape index (κ1) is 14.5. The maximum absolute atomic E-state index is 11.7. The van der Waals surface area contributed by atoms with E-state index in [2.05, 4.69) is 27.7 Å². The van der Waals surface area contributed by atoms with Gasteiger partial charge in [-0.2, -0.15) is 0 Å². The summed E-state index contributed by atoms with van der Waals surface area (Å²) < 4.78 is 12.0. The van der Waals surface area contributed by atoms with Gasteiger partial charge in [0.2, 0.25) is 0 Å². The lowest BCUT2D eigenvalue weighted by Gasteiger charge is -2.43. The smallest absolute Gasteiger partial charge is 0.166 e. The molecule has 0 aromatic carbocycles. The molecule has 0 heterocycles. The van der Waals surface area contributed by atoms with Crippen LogP contribution in [-0.2, 0) is 14.3 Å². The van der Waals surface area contributed by atoms with Crippen LogP contribution in [0.4, 0.5) is 0 Å². The van der Waals surface area contributed by atoms with Crippen molar-refractivity contribution in [3.63, 3.8) is 0 Å². The predicted molar refractivity (Wildman–Crippen MR) is 77.5 cm³/mol. The number of hydrogen-bond donors (Lipinski definition) is 0. The highest BCUT2D eigenvalue weighted by Crippen LogP contribution is 2.66. The first-order valence-electron chi connectivity index (χ1n) is 8.20. The van der Waals surface area contributed by atoms with Crippen molar-refractivity contribution in [3.8, 4) is 0 Å². The molecular weight excluding hydrogens is 252 g/mol. The highest BCUT2D eigenvalue weighted by atomic mass is 16.6. The van der Waals surface area contributed by atoms with Crippen molar-refractivity contribution in [2.75, 3.05) is 6.61 Å². The number of fused-ring (bicyclic) bond motifs is 2. The fourth-order valence-electron chi connectivity index (χ4n) is 4.58. The highest BCUT2D eigenvalue weighted by Gasteiger charge is 2.63. The number of carbonyl (C=O) groups is 1. The van der Waals surface area contributed by atoms with Crippen LogP contribution in [-0.4, -0.2) is 30.7 Å². The third-order valence-electron chi connectivity index (χ3n) is 6.61. The molecule has 3 nitrogen and oxygen atoms in total. The molecule has 114 valence electrons. The van der Waals surface area contributed by atoms with E-state index in [1.165, 1.54) is 12.8 Å². The van der Waals surface area contributed by atoms with Gasteiger partial charge in [0.05, 0.1) is 12.2 Å². The molecule has 0 saturated heterocycles. The number of carbonyl (C=O) groups excluding carboxylic acids is 1. The maximum atomic E-state index is 11.7. The van der Waals surface area contributed by atoms with Gasteiger partial charge in [0.15, 0.2) is 5.78 Å². The van der Waals surface area contributed by atoms with Crippen LogP contribution in [0.5, 0.6) is 0 Å². The summed E-state index contributed by atoms with van der Waals surface area (Å²) in [5, 5.41) is 0. The lowest BCUT2D eigenvalue weighted by atomic mass is 9.70. The summed E-state index contributed by atoms with van der Waals surface area (Å²) in [6.45, 7) is 9.90. The molecule has 0 aromatic heterocycles. The van der Waals surface area contributed by atoms with Gasteiger partial charge >= 0.3 is 0 Å². The van der Waals surface area contributed by atoms with E-state index < -0.39 is 0 Å². The van der Waals surface area contributed by atoms with Crippen LogP contribution in [0.3, 0.4) is 0 Å². The zero-order valence-electron chi connectivity index (χ0n) is 13.3. The molecule has 0 radical (unpaired) electrons. The van der Waals surface area contributed by atoms with Gasteiger partial charge in [-0.25, -0.2) is 0 Å². The Kier molecular flexibility index (Phi) is 3.49. The van der Waals surface area contributed by atoms with E-state index in [9.17, 15) is 4.79 Å². The summed E-state index contributed by atoms with van der Waals surface area (Å²) in [5.41, 5.74) is 0.636. The van der Waals surface area contributed by atoms with E-state index in [4.69, 9.17) is 9.47 Å². The maximum Gasteiger partial charge on any atom is 0.166 e. The fraction of sp³-hybridized carbons (Fsp3) is 0.941. The molecule has 0 aliphatic heterocycles. The van der Waals surface area contributed by atoms with Gasteiger partial charge in [-0.05, 0) is 42.4 Å². The third kappa shape index (κ3) is 1.89. The monoisotopic (exact) mass is 280 g/mol. The van der Waals surface area contributed by atoms with Crippen molar-refractivity contribution >= 4 is 5.78 Å². The van der Waals surface area contributed by atoms with E-state index in [1.807, 2.05) is 0 Å². The Morgan fingerprint density at radius 3 is 2.55 bits per heavy atom. The summed E-state index contributed by atoms with van der Waals surface area (Å²) in [5.74, 6) is 0.999. The summed E-state index contributed by atoms with van der Waals surface area (Å²) in [4.78, 5) is 11.7. The van der Waals surface area contributed by atoms with Crippen LogP contribution >= 0.6 is 0 Å². The lowest BCUT2D eigenvalue weighted by molar-refractivity contribution is -0.185. The van der Waals surface area contributed by atoms with Crippen molar-refractivity contribution in [2.45, 2.75) is 78.1 Å². The van der Waals surface area contributed by atoms with Gasteiger partial charge < -0.3 is 9.47 Å². The molecule has 5 atom stereocenters. The van der Waals surface area contributed by atoms with Crippen LogP contribution in [0.1, 0.15) is 59.8 Å². The lowest BCUT2D eigenvalue weighted by Crippen LogP contribution is -2.53. The summed E-state index contributed by atoms with van der Waals surface area (Å²) in [6.07, 6.45) is 5.28. The van der Waals surface area contributed by atoms with Gasteiger partial charge in [0.1, 0.15) is 6.10 Å². The molecule has 2 bridgehead atoms. The molecule has 20 heavy (non-hydrogen) atoms. The van der Waals surface area contributed by atoms with Crippen molar-refractivity contribution in [2.24, 2.45) is 16.7 Å². The van der Waals surface area contributed by atoms with Crippen molar-refractivity contribution in [1.82, 2.24) is 0 Å². The topological polar surface area (TPSA) is 35.5 Å². The predicted octanol–water partition coefficient (Wildman–Crippen LogP) is 3.35. The van der Waals surface area contributed by atoms with Gasteiger partial charge in [-0.3, -0.25) is 4.79 Å². The van der Waals surface area contributed by atoms with Crippen LogP contribution in [0.2, 0.25) is 0 Å². The quantitative estimate of drug-likeness (QED) is 0.774. The normalized spacial score (nSPS) is 45.7. The Morgan fingerprint density at radius 2 is 2.05 bits per heavy atom. The summed E-state index contributed by atoms with van der Waals surface area (Å²) in [6, 6.07) is 0. The largest absolute Gasteiger partial charge is 0.371 e. The Balaban J connectivity index is 1.64. The molecule has 3 heteroatoms. The zero-order valence-corrected chi connectivity index (χ0v) is 13.3. The van der Waals surface area contributed by atoms with Crippen molar-refractivity contribution in [3.05, 3.63) is 0 Å². The molecular formula is C17H28O3. The SMILES string of the molecule is CCCOC1C(=O)CC1OC1CC2CCC1(C)C2(C)C. The van der Waals surface area contributed by atoms with E-state index in [0.29, 0.717) is 24.5 Å². The molecule has 3 saturated carbocycles. The number of hydrogen-bond acceptors (Lipinski definition) is 3. The van der Waals surface area contributed by atoms with Crippen molar-refractivity contribution in [1.29, 1.82) is 0 Å². The minimum absolute atomic E-state index is 0.00558. The van der Waals surface area contributed by atoms with Gasteiger partial charge in [-0.1, -0.05) is 27.7 Å². The van der Waals surface area contributed by atoms with Crippen LogP contribution in [0.25, 0.3) is 0 Å². The molecule has 5 unspecified atom stereocenters. The third-order valence-corrected chi connectivity index (χ3v) is 6.61. The van der Waals surface area contributed by atoms with Gasteiger partial charge in [0.25, 0.3) is 0 Å². The second kappa shape index (κ2) is 4.81. The Labute approximate surface area is 122 Å². The van der Waals surface area contributed by atoms with Gasteiger partial charge in [-0.15, -0.1) is 0 Å². The second-order valence-electron chi connectivity index (χ2n) is 7.74. The number of Topliss-reactive ketones (excluding diaryl/α,β-unsaturated/α-hetero) is 1. The van der Waals surface area contributed by atoms with Crippen LogP contribution in [0.15, 0.2) is 0 Å². The first-order chi connectivity index (χ1) is 9.40. The standard InChI is InChI=1S/C17H28O3/c1-5-8-19-15-12(18)10-13(15)20-14-9-11-6-7-17(14,4)16(11,2)3/h11,13-15H,5-10H2,1-4H3. The fourth-order valence-corrected chi connectivity index (χ4v) is 4.58. The summed E-state index contributed by atoms with van der Waals surface area (Å²) in [7, 11) is 0. The average Bonchev–Trinajstić information content (AvgIpc) is 2.71. The van der Waals surface area contributed by atoms with E-state index in [-0.39, 0.29) is 23.4 Å². The Hall–Kier alpha value is -0.410. The summed E-state index contributed by atoms with van der Waals surface area (Å²) >= 11 is 0. The highest BCUT2D eigenvalue weighted by molar-refractivity contribution is 5.90. The minimum atomic E-state index is -0.291. The van der Waals surface area contributed by atoms with E-state index in [0.717, 1.165) is 18.8 Å². The van der Waals surface area contributed by atoms with E-state index in [1.54, 1.807) is 0 Å². The average molecular weight is 280 g/mol. The van der Waals surface area contributed by atoms with Gasteiger partial charge in [0, 0.05) is 13.0 Å². The van der Waals surface area contributed by atoms with Crippen LogP contribution in [0, 0.1) is 16.7 Å². The molecule has 0 N–H and O–H groups in total. The molecule has 0 spiro atoms. The van der Waals surface area contributed by atoms with Crippen LogP contribution < -0.4 is 0 Å². The van der Waals surface area contributed by atoms with Crippen molar-refractivity contribution < 1.29 is 14.3 Å². The minimum Gasteiger partial charge on any atom is -0.371 e. The number of ether oxygens (including phenoxy) is 2. The zero-order chi connectivity index (χ0) is 14.5. The second-order valence-corrected chi connectivity index (χ2v) is 7.74. The molecule has 3 aliphatic rings. The molecule has 3 rings (SSSR count). The number of rotatable bonds is 5. The Bertz CT molecular complexity index is 403. The number of ketones is 1. The van der Waals surface area contributed by atoms with E-state index >= 15 is 0 Å². The molecule has 3 aliphatic carbocycles. The molecule has 0 amide bonds. The Morgan fingerprint density at radius 1 is 1.30 bits per heavy atom. The molecule has 0 aromatic rings. The molecule has 3 fully saturated rings.